The molecule has 1 fully saturated rings. The minimum atomic E-state index is -0.351. The molecule has 0 radical (unpaired) electrons. The average Bonchev–Trinajstić information content (AvgIpc) is 3.02. The Hall–Kier alpha value is -3.39. The summed E-state index contributed by atoms with van der Waals surface area (Å²) in [4.78, 5) is 12.3. The van der Waals surface area contributed by atoms with Crippen molar-refractivity contribution in [2.45, 2.75) is 12.0 Å². The van der Waals surface area contributed by atoms with Crippen LogP contribution in [0.2, 0.25) is 0 Å². The van der Waals surface area contributed by atoms with Crippen LogP contribution in [0, 0.1) is 0 Å². The number of fused-ring (bicyclic) bond motifs is 2. The van der Waals surface area contributed by atoms with Gasteiger partial charge in [-0.1, -0.05) is 85.4 Å². The fourth-order valence-corrected chi connectivity index (χ4v) is 3.99. The third-order valence-corrected chi connectivity index (χ3v) is 5.41. The van der Waals surface area contributed by atoms with Crippen LogP contribution in [0.4, 0.5) is 0 Å². The molecule has 0 bridgehead atoms. The van der Waals surface area contributed by atoms with Crippen LogP contribution in [0.3, 0.4) is 0 Å². The molecule has 5 rings (SSSR count). The van der Waals surface area contributed by atoms with Crippen molar-refractivity contribution in [2.75, 3.05) is 0 Å². The summed E-state index contributed by atoms with van der Waals surface area (Å²) in [6, 6.07) is 29.0. The lowest BCUT2D eigenvalue weighted by molar-refractivity contribution is -0.139. The van der Waals surface area contributed by atoms with E-state index in [4.69, 9.17) is 4.74 Å². The number of cyclic esters (lactones) is 1. The van der Waals surface area contributed by atoms with Crippen LogP contribution in [-0.4, -0.2) is 5.97 Å². The molecule has 4 aromatic carbocycles. The van der Waals surface area contributed by atoms with Gasteiger partial charge < -0.3 is 4.74 Å². The van der Waals surface area contributed by atoms with E-state index in [2.05, 4.69) is 61.2 Å². The highest BCUT2D eigenvalue weighted by atomic mass is 16.6. The number of benzene rings is 4. The van der Waals surface area contributed by atoms with E-state index in [1.807, 2.05) is 30.3 Å². The highest BCUT2D eigenvalue weighted by Gasteiger charge is 2.40. The summed E-state index contributed by atoms with van der Waals surface area (Å²) >= 11 is 0. The van der Waals surface area contributed by atoms with Gasteiger partial charge in [0.1, 0.15) is 6.10 Å². The first-order valence-electron chi connectivity index (χ1n) is 9.08. The second kappa shape index (κ2) is 6.10. The van der Waals surface area contributed by atoms with Crippen LogP contribution in [-0.2, 0) is 9.53 Å². The van der Waals surface area contributed by atoms with Gasteiger partial charge in [-0.3, -0.25) is 0 Å². The van der Waals surface area contributed by atoms with Gasteiger partial charge in [0.2, 0.25) is 0 Å². The molecule has 0 saturated carbocycles. The quantitative estimate of drug-likeness (QED) is 0.331. The molecule has 1 aliphatic rings. The Kier molecular flexibility index (Phi) is 3.58. The molecular formula is C25H18O2. The molecule has 2 unspecified atom stereocenters. The Bertz CT molecular complexity index is 1210. The van der Waals surface area contributed by atoms with Gasteiger partial charge >= 0.3 is 5.97 Å². The number of esters is 1. The number of rotatable bonds is 2. The van der Waals surface area contributed by atoms with Crippen molar-refractivity contribution in [2.24, 2.45) is 0 Å². The second-order valence-corrected chi connectivity index (χ2v) is 7.04. The predicted molar refractivity (Wildman–Crippen MR) is 109 cm³/mol. The number of hydrogen-bond acceptors (Lipinski definition) is 2. The molecule has 4 aromatic rings. The summed E-state index contributed by atoms with van der Waals surface area (Å²) in [5.41, 5.74) is 2.57. The van der Waals surface area contributed by atoms with E-state index in [1.54, 1.807) is 0 Å². The van der Waals surface area contributed by atoms with Crippen molar-refractivity contribution in [3.8, 4) is 0 Å². The van der Waals surface area contributed by atoms with E-state index in [0.717, 1.165) is 21.9 Å². The highest BCUT2D eigenvalue weighted by Crippen LogP contribution is 2.46. The van der Waals surface area contributed by atoms with Gasteiger partial charge in [0.15, 0.2) is 0 Å². The highest BCUT2D eigenvalue weighted by molar-refractivity contribution is 5.93. The van der Waals surface area contributed by atoms with Crippen LogP contribution in [0.15, 0.2) is 97.1 Å². The van der Waals surface area contributed by atoms with Gasteiger partial charge in [0, 0.05) is 5.57 Å². The van der Waals surface area contributed by atoms with E-state index in [0.29, 0.717) is 5.57 Å². The molecule has 0 aromatic heterocycles. The lowest BCUT2D eigenvalue weighted by atomic mass is 9.85. The summed E-state index contributed by atoms with van der Waals surface area (Å²) in [7, 11) is 0. The normalized spacial score (nSPS) is 19.6. The van der Waals surface area contributed by atoms with Gasteiger partial charge in [-0.05, 0) is 38.7 Å². The first-order chi connectivity index (χ1) is 13.2. The summed E-state index contributed by atoms with van der Waals surface area (Å²) in [5.74, 6) is -0.491. The third-order valence-electron chi connectivity index (χ3n) is 5.41. The SMILES string of the molecule is C=C1C(=O)OC(c2ccc3ccccc3c2)C1c1ccc2ccccc2c1. The Morgan fingerprint density at radius 2 is 1.19 bits per heavy atom. The van der Waals surface area contributed by atoms with Gasteiger partial charge in [-0.15, -0.1) is 0 Å². The van der Waals surface area contributed by atoms with E-state index >= 15 is 0 Å². The van der Waals surface area contributed by atoms with Gasteiger partial charge in [-0.25, -0.2) is 4.79 Å². The Morgan fingerprint density at radius 1 is 0.667 bits per heavy atom. The van der Waals surface area contributed by atoms with Crippen molar-refractivity contribution >= 4 is 27.5 Å². The third kappa shape index (κ3) is 2.61. The van der Waals surface area contributed by atoms with E-state index in [-0.39, 0.29) is 18.0 Å². The first-order valence-corrected chi connectivity index (χ1v) is 9.08. The maximum atomic E-state index is 12.3. The summed E-state index contributed by atoms with van der Waals surface area (Å²) in [6.45, 7) is 4.04. The molecule has 1 heterocycles. The molecule has 1 saturated heterocycles. The molecule has 27 heavy (non-hydrogen) atoms. The van der Waals surface area contributed by atoms with Crippen molar-refractivity contribution in [1.29, 1.82) is 0 Å². The molecule has 2 heteroatoms. The van der Waals surface area contributed by atoms with Crippen molar-refractivity contribution in [3.63, 3.8) is 0 Å². The van der Waals surface area contributed by atoms with Gasteiger partial charge in [-0.2, -0.15) is 0 Å². The zero-order valence-corrected chi connectivity index (χ0v) is 14.8. The molecule has 130 valence electrons. The van der Waals surface area contributed by atoms with Crippen LogP contribution >= 0.6 is 0 Å². The summed E-state index contributed by atoms with van der Waals surface area (Å²) < 4.78 is 5.75. The molecule has 2 atom stereocenters. The summed E-state index contributed by atoms with van der Waals surface area (Å²) in [5, 5.41) is 4.64. The average molecular weight is 350 g/mol. The minimum absolute atomic E-state index is 0.178. The number of carbonyl (C=O) groups is 1. The Morgan fingerprint density at radius 3 is 1.81 bits per heavy atom. The number of hydrogen-bond donors (Lipinski definition) is 0. The predicted octanol–water partition coefficient (Wildman–Crippen LogP) is 5.93. The second-order valence-electron chi connectivity index (χ2n) is 7.04. The van der Waals surface area contributed by atoms with E-state index in [1.165, 1.54) is 10.8 Å². The van der Waals surface area contributed by atoms with Crippen molar-refractivity contribution in [3.05, 3.63) is 108 Å². The molecule has 0 amide bonds. The lowest BCUT2D eigenvalue weighted by Crippen LogP contribution is -2.07. The molecule has 0 aliphatic carbocycles. The van der Waals surface area contributed by atoms with Crippen molar-refractivity contribution in [1.82, 2.24) is 0 Å². The van der Waals surface area contributed by atoms with Crippen LogP contribution in [0.5, 0.6) is 0 Å². The fraction of sp³-hybridized carbons (Fsp3) is 0.0800. The fourth-order valence-electron chi connectivity index (χ4n) is 3.99. The van der Waals surface area contributed by atoms with Gasteiger partial charge in [0.25, 0.3) is 0 Å². The topological polar surface area (TPSA) is 26.3 Å². The van der Waals surface area contributed by atoms with Crippen LogP contribution < -0.4 is 0 Å². The largest absolute Gasteiger partial charge is 0.453 e. The molecule has 0 spiro atoms. The molecule has 0 N–H and O–H groups in total. The zero-order valence-electron chi connectivity index (χ0n) is 14.8. The van der Waals surface area contributed by atoms with Crippen molar-refractivity contribution < 1.29 is 9.53 Å². The van der Waals surface area contributed by atoms with Crippen LogP contribution in [0.1, 0.15) is 23.1 Å². The Labute approximate surface area is 157 Å². The number of ether oxygens (including phenoxy) is 1. The standard InChI is InChI=1S/C25H18O2/c1-16-23(21-12-10-17-6-2-4-8-19(17)14-21)24(27-25(16)26)22-13-11-18-7-3-5-9-20(18)15-22/h2-15,23-24H,1H2. The summed E-state index contributed by atoms with van der Waals surface area (Å²) in [6.07, 6.45) is -0.351. The van der Waals surface area contributed by atoms with Gasteiger partial charge in [0.05, 0.1) is 5.92 Å². The molecule has 1 aliphatic heterocycles. The monoisotopic (exact) mass is 350 g/mol. The first kappa shape index (κ1) is 15.8. The van der Waals surface area contributed by atoms with E-state index in [9.17, 15) is 4.79 Å². The van der Waals surface area contributed by atoms with E-state index < -0.39 is 0 Å². The lowest BCUT2D eigenvalue weighted by Gasteiger charge is -2.19. The molecular weight excluding hydrogens is 332 g/mol. The smallest absolute Gasteiger partial charge is 0.334 e. The number of carbonyl (C=O) groups excluding carboxylic acids is 1. The minimum Gasteiger partial charge on any atom is -0.453 e. The van der Waals surface area contributed by atoms with Crippen LogP contribution in [0.25, 0.3) is 21.5 Å². The molecule has 2 nitrogen and oxygen atoms in total. The zero-order chi connectivity index (χ0) is 18.4. The Balaban J connectivity index is 1.63. The maximum Gasteiger partial charge on any atom is 0.334 e. The maximum absolute atomic E-state index is 12.3.